The summed E-state index contributed by atoms with van der Waals surface area (Å²) >= 11 is 0. The first-order chi connectivity index (χ1) is 16.0. The molecule has 0 bridgehead atoms. The Hall–Kier alpha value is -2.61. The Morgan fingerprint density at radius 2 is 1.82 bits per heavy atom. The van der Waals surface area contributed by atoms with Gasteiger partial charge in [0.25, 0.3) is 0 Å². The minimum absolute atomic E-state index is 0.395. The average molecular weight is 448 g/mol. The lowest BCUT2D eigenvalue weighted by atomic mass is 9.77. The van der Waals surface area contributed by atoms with E-state index < -0.39 is 11.4 Å². The highest BCUT2D eigenvalue weighted by molar-refractivity contribution is 5.78. The Kier molecular flexibility index (Phi) is 5.09. The maximum absolute atomic E-state index is 11.5. The molecule has 2 saturated carbocycles. The molecule has 1 N–H and O–H groups in total. The molecule has 2 aliphatic carbocycles. The van der Waals surface area contributed by atoms with Gasteiger partial charge in [-0.1, -0.05) is 24.3 Å². The van der Waals surface area contributed by atoms with Crippen molar-refractivity contribution < 1.29 is 19.3 Å². The van der Waals surface area contributed by atoms with Gasteiger partial charge in [0, 0.05) is 42.0 Å². The zero-order valence-electron chi connectivity index (χ0n) is 18.9. The molecular weight excluding hydrogens is 418 g/mol. The molecule has 0 amide bonds. The molecule has 3 fully saturated rings. The van der Waals surface area contributed by atoms with Gasteiger partial charge in [0.05, 0.1) is 36.5 Å². The predicted molar refractivity (Wildman–Crippen MR) is 122 cm³/mol. The largest absolute Gasteiger partial charge is 0.477 e. The second-order valence-electron chi connectivity index (χ2n) is 9.62. The predicted octanol–water partition coefficient (Wildman–Crippen LogP) is 4.02. The number of rotatable bonds is 5. The van der Waals surface area contributed by atoms with Gasteiger partial charge in [0.1, 0.15) is 5.82 Å². The summed E-state index contributed by atoms with van der Waals surface area (Å²) in [6, 6.07) is 12.5. The van der Waals surface area contributed by atoms with Crippen LogP contribution in [0.3, 0.4) is 0 Å². The van der Waals surface area contributed by atoms with Crippen molar-refractivity contribution in [2.24, 2.45) is 5.92 Å². The summed E-state index contributed by atoms with van der Waals surface area (Å²) in [6.45, 7) is 3.63. The van der Waals surface area contributed by atoms with Gasteiger partial charge in [0.15, 0.2) is 5.79 Å². The molecule has 172 valence electrons. The molecule has 0 unspecified atom stereocenters. The van der Waals surface area contributed by atoms with E-state index in [9.17, 15) is 5.11 Å². The van der Waals surface area contributed by atoms with Crippen molar-refractivity contribution in [2.75, 3.05) is 19.8 Å². The van der Waals surface area contributed by atoms with E-state index in [1.54, 1.807) is 6.20 Å². The number of para-hydroxylation sites is 1. The molecule has 1 saturated heterocycles. The van der Waals surface area contributed by atoms with Crippen LogP contribution in [0.2, 0.25) is 0 Å². The number of nitrogens with zero attached hydrogens (tertiary/aromatic N) is 3. The number of benzene rings is 1. The van der Waals surface area contributed by atoms with Crippen LogP contribution in [-0.4, -0.2) is 45.7 Å². The fraction of sp³-hybridized carbons (Fsp3) is 0.500. The molecule has 7 nitrogen and oxygen atoms in total. The summed E-state index contributed by atoms with van der Waals surface area (Å²) in [5.74, 6) is 1.39. The Balaban J connectivity index is 1.15. The Morgan fingerprint density at radius 1 is 1.03 bits per heavy atom. The van der Waals surface area contributed by atoms with Gasteiger partial charge in [-0.25, -0.2) is 4.98 Å². The molecule has 2 atom stereocenters. The zero-order chi connectivity index (χ0) is 22.5. The lowest BCUT2D eigenvalue weighted by Gasteiger charge is -2.40. The summed E-state index contributed by atoms with van der Waals surface area (Å²) in [4.78, 5) is 13.8. The van der Waals surface area contributed by atoms with Crippen molar-refractivity contribution in [3.8, 4) is 5.88 Å². The van der Waals surface area contributed by atoms with Gasteiger partial charge in [-0.15, -0.1) is 0 Å². The molecule has 6 rings (SSSR count). The van der Waals surface area contributed by atoms with Crippen molar-refractivity contribution in [3.05, 3.63) is 59.7 Å². The number of aromatic nitrogens is 3. The van der Waals surface area contributed by atoms with Crippen molar-refractivity contribution >= 4 is 10.9 Å². The molecule has 33 heavy (non-hydrogen) atoms. The maximum atomic E-state index is 11.5. The number of fused-ring (bicyclic) bond motifs is 1. The molecule has 1 aromatic carbocycles. The van der Waals surface area contributed by atoms with E-state index in [4.69, 9.17) is 19.2 Å². The van der Waals surface area contributed by atoms with Crippen LogP contribution in [0.4, 0.5) is 0 Å². The highest BCUT2D eigenvalue weighted by Crippen LogP contribution is 2.49. The second-order valence-corrected chi connectivity index (χ2v) is 9.62. The highest BCUT2D eigenvalue weighted by atomic mass is 16.7. The fourth-order valence-corrected chi connectivity index (χ4v) is 5.25. The molecule has 3 aliphatic rings. The van der Waals surface area contributed by atoms with Gasteiger partial charge >= 0.3 is 0 Å². The van der Waals surface area contributed by atoms with Crippen molar-refractivity contribution in [1.82, 2.24) is 15.0 Å². The van der Waals surface area contributed by atoms with E-state index in [1.165, 1.54) is 0 Å². The summed E-state index contributed by atoms with van der Waals surface area (Å²) in [5, 5.41) is 12.6. The van der Waals surface area contributed by atoms with Gasteiger partial charge < -0.3 is 19.3 Å². The number of aliphatic hydroxyl groups is 1. The summed E-state index contributed by atoms with van der Waals surface area (Å²) in [6.07, 6.45) is 5.13. The van der Waals surface area contributed by atoms with Crippen LogP contribution >= 0.6 is 0 Å². The standard InChI is InChI=1S/C26H29N3O4/c1-17-27-15-21(25(30)8-10-26(11-9-25)32-12-13-33-26)24(28-17)31-16-19-14-20(19)23-7-6-18-4-2-3-5-22(18)29-23/h2-7,15,19-20,30H,8-14,16H2,1H3/t19-,20+/m1/s1. The third kappa shape index (κ3) is 3.98. The van der Waals surface area contributed by atoms with Crippen LogP contribution in [0.1, 0.15) is 55.1 Å². The highest BCUT2D eigenvalue weighted by Gasteiger charge is 2.48. The van der Waals surface area contributed by atoms with Crippen molar-refractivity contribution in [1.29, 1.82) is 0 Å². The SMILES string of the molecule is Cc1ncc(C2(O)CCC3(CC2)OCCO3)c(OC[C@H]2C[C@@H]2c2ccc3ccccc3n2)n1. The van der Waals surface area contributed by atoms with Crippen LogP contribution < -0.4 is 4.74 Å². The molecule has 7 heteroatoms. The van der Waals surface area contributed by atoms with E-state index >= 15 is 0 Å². The maximum Gasteiger partial charge on any atom is 0.222 e. The zero-order valence-corrected chi connectivity index (χ0v) is 18.9. The molecule has 3 heterocycles. The van der Waals surface area contributed by atoms with Crippen LogP contribution in [0, 0.1) is 12.8 Å². The van der Waals surface area contributed by atoms with Gasteiger partial charge in [0.2, 0.25) is 5.88 Å². The van der Waals surface area contributed by atoms with Crippen LogP contribution in [0.25, 0.3) is 10.9 Å². The fourth-order valence-electron chi connectivity index (χ4n) is 5.25. The van der Waals surface area contributed by atoms with Crippen LogP contribution in [0.15, 0.2) is 42.6 Å². The first kappa shape index (κ1) is 21.0. The quantitative estimate of drug-likeness (QED) is 0.632. The summed E-state index contributed by atoms with van der Waals surface area (Å²) < 4.78 is 17.9. The number of hydrogen-bond donors (Lipinski definition) is 1. The number of hydrogen-bond acceptors (Lipinski definition) is 7. The lowest BCUT2D eigenvalue weighted by Crippen LogP contribution is -2.42. The van der Waals surface area contributed by atoms with Crippen LogP contribution in [0.5, 0.6) is 5.88 Å². The average Bonchev–Trinajstić information content (AvgIpc) is 3.48. The summed E-state index contributed by atoms with van der Waals surface area (Å²) in [5.41, 5.74) is 1.78. The first-order valence-corrected chi connectivity index (χ1v) is 11.9. The molecule has 1 spiro atoms. The minimum Gasteiger partial charge on any atom is -0.477 e. The normalized spacial score (nSPS) is 25.4. The smallest absolute Gasteiger partial charge is 0.222 e. The van der Waals surface area contributed by atoms with Gasteiger partial charge in [-0.05, 0) is 38.3 Å². The van der Waals surface area contributed by atoms with Gasteiger partial charge in [-0.2, -0.15) is 4.98 Å². The molecule has 1 aliphatic heterocycles. The Morgan fingerprint density at radius 3 is 2.64 bits per heavy atom. The Bertz CT molecular complexity index is 1170. The van der Waals surface area contributed by atoms with E-state index in [0.29, 0.717) is 74.6 Å². The molecule has 2 aromatic heterocycles. The number of ether oxygens (including phenoxy) is 3. The van der Waals surface area contributed by atoms with Crippen molar-refractivity contribution in [2.45, 2.75) is 56.3 Å². The van der Waals surface area contributed by atoms with Crippen LogP contribution in [-0.2, 0) is 15.1 Å². The topological polar surface area (TPSA) is 86.6 Å². The third-order valence-electron chi connectivity index (χ3n) is 7.38. The van der Waals surface area contributed by atoms with E-state index in [-0.39, 0.29) is 0 Å². The summed E-state index contributed by atoms with van der Waals surface area (Å²) in [7, 11) is 0. The van der Waals surface area contributed by atoms with Gasteiger partial charge in [-0.3, -0.25) is 4.98 Å². The minimum atomic E-state index is -1.04. The monoisotopic (exact) mass is 447 g/mol. The van der Waals surface area contributed by atoms with Crippen molar-refractivity contribution in [3.63, 3.8) is 0 Å². The first-order valence-electron chi connectivity index (χ1n) is 11.9. The molecular formula is C26H29N3O4. The number of aryl methyl sites for hydroxylation is 1. The van der Waals surface area contributed by atoms with E-state index in [0.717, 1.165) is 23.0 Å². The second kappa shape index (κ2) is 8.01. The molecule has 0 radical (unpaired) electrons. The van der Waals surface area contributed by atoms with E-state index in [1.807, 2.05) is 19.1 Å². The third-order valence-corrected chi connectivity index (χ3v) is 7.38. The van der Waals surface area contributed by atoms with E-state index in [2.05, 4.69) is 34.2 Å². The molecule has 3 aromatic rings. The lowest BCUT2D eigenvalue weighted by molar-refractivity contribution is -0.204. The Labute approximate surface area is 193 Å². The number of pyridine rings is 1.